The van der Waals surface area contributed by atoms with E-state index in [9.17, 15) is 9.90 Å². The molecule has 2 rings (SSSR count). The molecule has 0 aromatic heterocycles. The Bertz CT molecular complexity index is 440. The van der Waals surface area contributed by atoms with E-state index in [1.165, 1.54) is 0 Å². The molecule has 1 fully saturated rings. The van der Waals surface area contributed by atoms with Crippen LogP contribution in [0.3, 0.4) is 0 Å². The third-order valence-electron chi connectivity index (χ3n) is 4.01. The number of nitrogens with two attached hydrogens (primary N) is 1. The van der Waals surface area contributed by atoms with E-state index in [1.54, 1.807) is 0 Å². The Morgan fingerprint density at radius 1 is 1.44 bits per heavy atom. The number of aryl methyl sites for hydroxylation is 1. The van der Waals surface area contributed by atoms with Crippen LogP contribution in [0.4, 0.5) is 0 Å². The second-order valence-corrected chi connectivity index (χ2v) is 5.54. The van der Waals surface area contributed by atoms with Crippen LogP contribution in [0.2, 0.25) is 0 Å². The highest BCUT2D eigenvalue weighted by Crippen LogP contribution is 2.42. The summed E-state index contributed by atoms with van der Waals surface area (Å²) in [4.78, 5) is 11.7. The van der Waals surface area contributed by atoms with Crippen molar-refractivity contribution < 1.29 is 9.90 Å². The van der Waals surface area contributed by atoms with Crippen LogP contribution >= 0.6 is 0 Å². The second kappa shape index (κ2) is 5.11. The van der Waals surface area contributed by atoms with E-state index in [0.29, 0.717) is 18.8 Å². The van der Waals surface area contributed by atoms with Crippen LogP contribution in [-0.2, 0) is 11.2 Å². The molecule has 1 saturated carbocycles. The van der Waals surface area contributed by atoms with Crippen LogP contribution in [0.25, 0.3) is 0 Å². The van der Waals surface area contributed by atoms with Gasteiger partial charge in [-0.1, -0.05) is 37.1 Å². The summed E-state index contributed by atoms with van der Waals surface area (Å²) in [6.07, 6.45) is 3.57. The molecule has 98 valence electrons. The van der Waals surface area contributed by atoms with Gasteiger partial charge in [0.05, 0.1) is 5.41 Å². The van der Waals surface area contributed by atoms with Crippen molar-refractivity contribution in [2.45, 2.75) is 32.6 Å². The van der Waals surface area contributed by atoms with Crippen LogP contribution in [0.15, 0.2) is 24.3 Å². The van der Waals surface area contributed by atoms with Crippen LogP contribution < -0.4 is 5.73 Å². The summed E-state index contributed by atoms with van der Waals surface area (Å²) in [5, 5.41) is 9.57. The van der Waals surface area contributed by atoms with Gasteiger partial charge in [-0.15, -0.1) is 0 Å². The SMILES string of the molecule is Cc1ccccc1CC(CN)(CC1CC1)C(=O)O. The average molecular weight is 247 g/mol. The number of rotatable bonds is 6. The summed E-state index contributed by atoms with van der Waals surface area (Å²) in [5.41, 5.74) is 7.27. The maximum absolute atomic E-state index is 11.7. The lowest BCUT2D eigenvalue weighted by Gasteiger charge is -2.28. The first-order valence-electron chi connectivity index (χ1n) is 6.55. The summed E-state index contributed by atoms with van der Waals surface area (Å²) in [6, 6.07) is 7.97. The van der Waals surface area contributed by atoms with Crippen molar-refractivity contribution >= 4 is 5.97 Å². The molecular weight excluding hydrogens is 226 g/mol. The summed E-state index contributed by atoms with van der Waals surface area (Å²) >= 11 is 0. The summed E-state index contributed by atoms with van der Waals surface area (Å²) in [6.45, 7) is 2.24. The summed E-state index contributed by atoms with van der Waals surface area (Å²) in [5.74, 6) is -0.186. The van der Waals surface area contributed by atoms with Gasteiger partial charge < -0.3 is 10.8 Å². The molecule has 1 aromatic carbocycles. The molecule has 18 heavy (non-hydrogen) atoms. The number of benzene rings is 1. The highest BCUT2D eigenvalue weighted by molar-refractivity contribution is 5.75. The molecule has 3 nitrogen and oxygen atoms in total. The maximum Gasteiger partial charge on any atom is 0.311 e. The fourth-order valence-corrected chi connectivity index (χ4v) is 2.53. The smallest absolute Gasteiger partial charge is 0.311 e. The quantitative estimate of drug-likeness (QED) is 0.811. The Morgan fingerprint density at radius 2 is 2.11 bits per heavy atom. The molecule has 0 aliphatic heterocycles. The van der Waals surface area contributed by atoms with E-state index in [2.05, 4.69) is 0 Å². The summed E-state index contributed by atoms with van der Waals surface area (Å²) < 4.78 is 0. The third-order valence-corrected chi connectivity index (χ3v) is 4.01. The average Bonchev–Trinajstić information content (AvgIpc) is 3.14. The van der Waals surface area contributed by atoms with E-state index in [1.807, 2.05) is 31.2 Å². The minimum atomic E-state index is -0.784. The van der Waals surface area contributed by atoms with E-state index >= 15 is 0 Å². The number of aliphatic carboxylic acids is 1. The van der Waals surface area contributed by atoms with Gasteiger partial charge in [0.2, 0.25) is 0 Å². The van der Waals surface area contributed by atoms with Crippen molar-refractivity contribution in [2.75, 3.05) is 6.54 Å². The molecule has 0 radical (unpaired) electrons. The lowest BCUT2D eigenvalue weighted by Crippen LogP contribution is -2.41. The number of carbonyl (C=O) groups is 1. The lowest BCUT2D eigenvalue weighted by atomic mass is 9.76. The van der Waals surface area contributed by atoms with Crippen LogP contribution in [0.1, 0.15) is 30.4 Å². The van der Waals surface area contributed by atoms with Crippen LogP contribution in [0.5, 0.6) is 0 Å². The topological polar surface area (TPSA) is 63.3 Å². The number of carboxylic acids is 1. The molecule has 1 atom stereocenters. The van der Waals surface area contributed by atoms with Crippen molar-refractivity contribution in [2.24, 2.45) is 17.1 Å². The van der Waals surface area contributed by atoms with Crippen LogP contribution in [-0.4, -0.2) is 17.6 Å². The Labute approximate surface area is 108 Å². The molecular formula is C15H21NO2. The van der Waals surface area contributed by atoms with Gasteiger partial charge in [-0.2, -0.15) is 0 Å². The van der Waals surface area contributed by atoms with Gasteiger partial charge in [-0.25, -0.2) is 0 Å². The molecule has 3 N–H and O–H groups in total. The Hall–Kier alpha value is -1.35. The Morgan fingerprint density at radius 3 is 2.61 bits per heavy atom. The van der Waals surface area contributed by atoms with Gasteiger partial charge >= 0.3 is 5.97 Å². The fourth-order valence-electron chi connectivity index (χ4n) is 2.53. The molecule has 1 unspecified atom stereocenters. The molecule has 0 saturated heterocycles. The van der Waals surface area contributed by atoms with Crippen molar-refractivity contribution in [3.05, 3.63) is 35.4 Å². The van der Waals surface area contributed by atoms with E-state index in [0.717, 1.165) is 24.0 Å². The molecule has 1 aliphatic rings. The molecule has 1 aliphatic carbocycles. The summed E-state index contributed by atoms with van der Waals surface area (Å²) in [7, 11) is 0. The van der Waals surface area contributed by atoms with E-state index in [4.69, 9.17) is 5.73 Å². The first-order valence-corrected chi connectivity index (χ1v) is 6.55. The van der Waals surface area contributed by atoms with Crippen molar-refractivity contribution in [3.8, 4) is 0 Å². The minimum Gasteiger partial charge on any atom is -0.481 e. The molecule has 0 bridgehead atoms. The van der Waals surface area contributed by atoms with Gasteiger partial charge in [0.15, 0.2) is 0 Å². The number of hydrogen-bond donors (Lipinski definition) is 2. The standard InChI is InChI=1S/C15H21NO2/c1-11-4-2-3-5-13(11)9-15(10-16,14(17)18)8-12-6-7-12/h2-5,12H,6-10,16H2,1H3,(H,17,18). The zero-order valence-electron chi connectivity index (χ0n) is 10.9. The third kappa shape index (κ3) is 2.72. The normalized spacial score (nSPS) is 18.3. The van der Waals surface area contributed by atoms with Crippen molar-refractivity contribution in [3.63, 3.8) is 0 Å². The molecule has 0 amide bonds. The Balaban J connectivity index is 2.23. The van der Waals surface area contributed by atoms with E-state index < -0.39 is 11.4 Å². The largest absolute Gasteiger partial charge is 0.481 e. The molecule has 0 spiro atoms. The highest BCUT2D eigenvalue weighted by Gasteiger charge is 2.42. The lowest BCUT2D eigenvalue weighted by molar-refractivity contribution is -0.149. The maximum atomic E-state index is 11.7. The predicted octanol–water partition coefficient (Wildman–Crippen LogP) is 2.37. The van der Waals surface area contributed by atoms with Gasteiger partial charge in [-0.3, -0.25) is 4.79 Å². The first-order chi connectivity index (χ1) is 8.57. The van der Waals surface area contributed by atoms with E-state index in [-0.39, 0.29) is 6.54 Å². The number of carboxylic acid groups (broad SMARTS) is 1. The highest BCUT2D eigenvalue weighted by atomic mass is 16.4. The molecule has 3 heteroatoms. The van der Waals surface area contributed by atoms with Crippen molar-refractivity contribution in [1.82, 2.24) is 0 Å². The zero-order chi connectivity index (χ0) is 13.2. The van der Waals surface area contributed by atoms with Gasteiger partial charge in [0.25, 0.3) is 0 Å². The fraction of sp³-hybridized carbons (Fsp3) is 0.533. The zero-order valence-corrected chi connectivity index (χ0v) is 10.9. The monoisotopic (exact) mass is 247 g/mol. The Kier molecular flexibility index (Phi) is 3.71. The van der Waals surface area contributed by atoms with Gasteiger partial charge in [0.1, 0.15) is 0 Å². The minimum absolute atomic E-state index is 0.215. The van der Waals surface area contributed by atoms with Gasteiger partial charge in [-0.05, 0) is 36.8 Å². The second-order valence-electron chi connectivity index (χ2n) is 5.54. The molecule has 0 heterocycles. The first kappa shape index (κ1) is 13.1. The number of hydrogen-bond acceptors (Lipinski definition) is 2. The van der Waals surface area contributed by atoms with Crippen LogP contribution in [0, 0.1) is 18.3 Å². The predicted molar refractivity (Wildman–Crippen MR) is 71.3 cm³/mol. The van der Waals surface area contributed by atoms with Crippen molar-refractivity contribution in [1.29, 1.82) is 0 Å². The molecule has 1 aromatic rings. The van der Waals surface area contributed by atoms with Gasteiger partial charge in [0, 0.05) is 6.54 Å².